The van der Waals surface area contributed by atoms with Gasteiger partial charge in [-0.2, -0.15) is 5.26 Å². The Bertz CT molecular complexity index is 450. The molecule has 0 spiro atoms. The topological polar surface area (TPSA) is 39.1 Å². The molecule has 0 aromatic heterocycles. The number of anilines is 2. The molecule has 0 radical (unpaired) electrons. The summed E-state index contributed by atoms with van der Waals surface area (Å²) in [4.78, 5) is 2.45. The lowest BCUT2D eigenvalue weighted by atomic mass is 9.88. The highest BCUT2D eigenvalue weighted by Crippen LogP contribution is 2.25. The Kier molecular flexibility index (Phi) is 4.89. The summed E-state index contributed by atoms with van der Waals surface area (Å²) in [6, 6.07) is 11.0. The van der Waals surface area contributed by atoms with Crippen LogP contribution in [0, 0.1) is 16.7 Å². The van der Waals surface area contributed by atoms with Crippen molar-refractivity contribution in [2.24, 2.45) is 5.41 Å². The van der Waals surface area contributed by atoms with Crippen molar-refractivity contribution in [1.82, 2.24) is 0 Å². The van der Waals surface area contributed by atoms with Crippen LogP contribution in [0.2, 0.25) is 0 Å². The van der Waals surface area contributed by atoms with E-state index in [1.54, 1.807) is 0 Å². The summed E-state index contributed by atoms with van der Waals surface area (Å²) >= 11 is 0. The molecular weight excluding hydrogens is 246 g/mol. The van der Waals surface area contributed by atoms with Crippen LogP contribution in [0.15, 0.2) is 24.3 Å². The third-order valence-corrected chi connectivity index (χ3v) is 4.02. The molecule has 0 saturated carbocycles. The number of nitrogens with one attached hydrogen (secondary N) is 1. The predicted octanol–water partition coefficient (Wildman–Crippen LogP) is 4.03. The van der Waals surface area contributed by atoms with Gasteiger partial charge in [0.25, 0.3) is 0 Å². The highest BCUT2D eigenvalue weighted by Gasteiger charge is 2.17. The summed E-state index contributed by atoms with van der Waals surface area (Å²) < 4.78 is 0. The van der Waals surface area contributed by atoms with E-state index >= 15 is 0 Å². The normalized spacial score (nSPS) is 15.2. The van der Waals surface area contributed by atoms with Crippen molar-refractivity contribution in [2.45, 2.75) is 39.5 Å². The first-order valence-corrected chi connectivity index (χ1v) is 7.57. The molecule has 1 aromatic carbocycles. The van der Waals surface area contributed by atoms with Crippen molar-refractivity contribution in [3.8, 4) is 6.07 Å². The van der Waals surface area contributed by atoms with Gasteiger partial charge in [-0.05, 0) is 48.9 Å². The zero-order valence-electron chi connectivity index (χ0n) is 12.7. The van der Waals surface area contributed by atoms with Gasteiger partial charge in [0.1, 0.15) is 0 Å². The van der Waals surface area contributed by atoms with Crippen LogP contribution in [-0.2, 0) is 0 Å². The largest absolute Gasteiger partial charge is 0.385 e. The Labute approximate surface area is 122 Å². The smallest absolute Gasteiger partial charge is 0.0621 e. The van der Waals surface area contributed by atoms with Gasteiger partial charge in [-0.3, -0.25) is 0 Å². The number of hydrogen-bond acceptors (Lipinski definition) is 3. The van der Waals surface area contributed by atoms with Crippen LogP contribution in [0.3, 0.4) is 0 Å². The van der Waals surface area contributed by atoms with Crippen molar-refractivity contribution in [1.29, 1.82) is 5.26 Å². The van der Waals surface area contributed by atoms with Crippen molar-refractivity contribution >= 4 is 11.4 Å². The third-order valence-electron chi connectivity index (χ3n) is 4.02. The van der Waals surface area contributed by atoms with Crippen LogP contribution in [0.4, 0.5) is 11.4 Å². The van der Waals surface area contributed by atoms with Crippen LogP contribution in [0.25, 0.3) is 0 Å². The van der Waals surface area contributed by atoms with Gasteiger partial charge in [-0.15, -0.1) is 0 Å². The van der Waals surface area contributed by atoms with Crippen molar-refractivity contribution in [3.63, 3.8) is 0 Å². The molecule has 0 aliphatic carbocycles. The standard InChI is InChI=1S/C17H25N3/c1-17(2,10-5-11-18)14-19-15-6-8-16(9-7-15)20-12-3-4-13-20/h6-9,19H,3-5,10,12-14H2,1-2H3. The number of nitriles is 1. The zero-order valence-corrected chi connectivity index (χ0v) is 12.7. The minimum Gasteiger partial charge on any atom is -0.385 e. The van der Waals surface area contributed by atoms with Gasteiger partial charge in [-0.25, -0.2) is 0 Å². The first-order valence-electron chi connectivity index (χ1n) is 7.57. The Morgan fingerprint density at radius 3 is 2.45 bits per heavy atom. The molecule has 3 heteroatoms. The van der Waals surface area contributed by atoms with Gasteiger partial charge in [0.2, 0.25) is 0 Å². The van der Waals surface area contributed by atoms with E-state index in [4.69, 9.17) is 5.26 Å². The molecule has 108 valence electrons. The molecule has 1 N–H and O–H groups in total. The van der Waals surface area contributed by atoms with Crippen LogP contribution >= 0.6 is 0 Å². The molecule has 1 fully saturated rings. The number of rotatable bonds is 6. The highest BCUT2D eigenvalue weighted by atomic mass is 15.1. The molecule has 1 heterocycles. The van der Waals surface area contributed by atoms with Gasteiger partial charge in [0, 0.05) is 37.4 Å². The van der Waals surface area contributed by atoms with E-state index in [9.17, 15) is 0 Å². The molecule has 0 unspecified atom stereocenters. The van der Waals surface area contributed by atoms with Crippen molar-refractivity contribution in [3.05, 3.63) is 24.3 Å². The lowest BCUT2D eigenvalue weighted by molar-refractivity contribution is 0.364. The SMILES string of the molecule is CC(C)(CCC#N)CNc1ccc(N2CCCC2)cc1. The van der Waals surface area contributed by atoms with E-state index in [-0.39, 0.29) is 5.41 Å². The molecule has 1 aromatic rings. The monoisotopic (exact) mass is 271 g/mol. The summed E-state index contributed by atoms with van der Waals surface area (Å²) in [5.74, 6) is 0. The first-order chi connectivity index (χ1) is 9.61. The van der Waals surface area contributed by atoms with Gasteiger partial charge in [0.15, 0.2) is 0 Å². The van der Waals surface area contributed by atoms with Crippen molar-refractivity contribution < 1.29 is 0 Å². The second-order valence-electron chi connectivity index (χ2n) is 6.42. The Hall–Kier alpha value is -1.69. The molecule has 1 aliphatic heterocycles. The molecule has 2 rings (SSSR count). The Morgan fingerprint density at radius 1 is 1.20 bits per heavy atom. The number of nitrogens with zero attached hydrogens (tertiary/aromatic N) is 2. The number of benzene rings is 1. The maximum Gasteiger partial charge on any atom is 0.0621 e. The zero-order chi connectivity index (χ0) is 14.4. The molecule has 20 heavy (non-hydrogen) atoms. The van der Waals surface area contributed by atoms with Gasteiger partial charge >= 0.3 is 0 Å². The predicted molar refractivity (Wildman–Crippen MR) is 85.0 cm³/mol. The second kappa shape index (κ2) is 6.65. The molecular formula is C17H25N3. The lowest BCUT2D eigenvalue weighted by Gasteiger charge is -2.24. The average Bonchev–Trinajstić information content (AvgIpc) is 2.98. The van der Waals surface area contributed by atoms with E-state index in [1.807, 2.05) is 0 Å². The van der Waals surface area contributed by atoms with Gasteiger partial charge in [0.05, 0.1) is 6.07 Å². The molecule has 1 aliphatic rings. The Balaban J connectivity index is 1.86. The fraction of sp³-hybridized carbons (Fsp3) is 0.588. The summed E-state index contributed by atoms with van der Waals surface area (Å²) in [6.45, 7) is 7.69. The summed E-state index contributed by atoms with van der Waals surface area (Å²) in [5.41, 5.74) is 2.65. The van der Waals surface area contributed by atoms with Crippen LogP contribution in [0.5, 0.6) is 0 Å². The van der Waals surface area contributed by atoms with Crippen LogP contribution in [0.1, 0.15) is 39.5 Å². The second-order valence-corrected chi connectivity index (χ2v) is 6.42. The maximum absolute atomic E-state index is 8.67. The van der Waals surface area contributed by atoms with E-state index in [1.165, 1.54) is 31.6 Å². The molecule has 0 amide bonds. The van der Waals surface area contributed by atoms with Crippen LogP contribution in [-0.4, -0.2) is 19.6 Å². The first kappa shape index (κ1) is 14.7. The van der Waals surface area contributed by atoms with E-state index in [0.717, 1.165) is 18.7 Å². The molecule has 3 nitrogen and oxygen atoms in total. The fourth-order valence-electron chi connectivity index (χ4n) is 2.59. The van der Waals surface area contributed by atoms with Crippen LogP contribution < -0.4 is 10.2 Å². The molecule has 0 atom stereocenters. The van der Waals surface area contributed by atoms with E-state index in [2.05, 4.69) is 54.4 Å². The van der Waals surface area contributed by atoms with E-state index < -0.39 is 0 Å². The minimum absolute atomic E-state index is 0.156. The quantitative estimate of drug-likeness (QED) is 0.849. The summed E-state index contributed by atoms with van der Waals surface area (Å²) in [5, 5.41) is 12.2. The summed E-state index contributed by atoms with van der Waals surface area (Å²) in [7, 11) is 0. The minimum atomic E-state index is 0.156. The maximum atomic E-state index is 8.67. The lowest BCUT2D eigenvalue weighted by Crippen LogP contribution is -2.23. The molecule has 1 saturated heterocycles. The van der Waals surface area contributed by atoms with Gasteiger partial charge in [-0.1, -0.05) is 13.8 Å². The van der Waals surface area contributed by atoms with E-state index in [0.29, 0.717) is 6.42 Å². The number of hydrogen-bond donors (Lipinski definition) is 1. The highest BCUT2D eigenvalue weighted by molar-refractivity contribution is 5.55. The Morgan fingerprint density at radius 2 is 1.85 bits per heavy atom. The van der Waals surface area contributed by atoms with Gasteiger partial charge < -0.3 is 10.2 Å². The molecule has 0 bridgehead atoms. The third kappa shape index (κ3) is 4.16. The fourth-order valence-corrected chi connectivity index (χ4v) is 2.59. The summed E-state index contributed by atoms with van der Waals surface area (Å²) in [6.07, 6.45) is 4.19. The average molecular weight is 271 g/mol. The van der Waals surface area contributed by atoms with Crippen molar-refractivity contribution in [2.75, 3.05) is 29.9 Å².